The standard InChI is InChI=1S/C24H26N2O3/c1-28-22-14-13-20(15-23(22)29-2)16-25-17-24(27)26(21-11-7-4-8-12-21)18-19-9-5-3-6-10-19/h3-15,25H,16-18H2,1-2H3. The van der Waals surface area contributed by atoms with Crippen molar-refractivity contribution in [3.63, 3.8) is 0 Å². The molecule has 0 saturated heterocycles. The van der Waals surface area contributed by atoms with E-state index in [1.807, 2.05) is 78.9 Å². The molecular weight excluding hydrogens is 364 g/mol. The summed E-state index contributed by atoms with van der Waals surface area (Å²) in [4.78, 5) is 14.8. The van der Waals surface area contributed by atoms with Crippen LogP contribution in [-0.4, -0.2) is 26.7 Å². The minimum atomic E-state index is 0.0144. The third-order valence-corrected chi connectivity index (χ3v) is 4.61. The van der Waals surface area contributed by atoms with E-state index in [1.165, 1.54) is 0 Å². The lowest BCUT2D eigenvalue weighted by Gasteiger charge is -2.23. The van der Waals surface area contributed by atoms with Crippen LogP contribution >= 0.6 is 0 Å². The zero-order chi connectivity index (χ0) is 20.5. The second kappa shape index (κ2) is 10.3. The molecule has 0 fully saturated rings. The van der Waals surface area contributed by atoms with E-state index >= 15 is 0 Å². The number of amides is 1. The lowest BCUT2D eigenvalue weighted by atomic mass is 10.2. The molecule has 3 rings (SSSR count). The number of rotatable bonds is 9. The van der Waals surface area contributed by atoms with Crippen LogP contribution in [0, 0.1) is 0 Å². The highest BCUT2D eigenvalue weighted by Gasteiger charge is 2.16. The maximum Gasteiger partial charge on any atom is 0.241 e. The largest absolute Gasteiger partial charge is 0.493 e. The number of methoxy groups -OCH3 is 2. The molecule has 150 valence electrons. The first-order valence-corrected chi connectivity index (χ1v) is 9.52. The lowest BCUT2D eigenvalue weighted by molar-refractivity contribution is -0.118. The van der Waals surface area contributed by atoms with Crippen LogP contribution in [0.3, 0.4) is 0 Å². The monoisotopic (exact) mass is 390 g/mol. The molecule has 1 N–H and O–H groups in total. The number of nitrogens with one attached hydrogen (secondary N) is 1. The fourth-order valence-corrected chi connectivity index (χ4v) is 3.10. The van der Waals surface area contributed by atoms with Crippen molar-refractivity contribution < 1.29 is 14.3 Å². The fraction of sp³-hybridized carbons (Fsp3) is 0.208. The highest BCUT2D eigenvalue weighted by Crippen LogP contribution is 2.27. The third kappa shape index (κ3) is 5.59. The Hall–Kier alpha value is -3.31. The molecular formula is C24H26N2O3. The number of para-hydroxylation sites is 1. The second-order valence-electron chi connectivity index (χ2n) is 6.59. The van der Waals surface area contributed by atoms with Crippen molar-refractivity contribution in [3.05, 3.63) is 90.0 Å². The maximum atomic E-state index is 13.0. The molecule has 1 amide bonds. The van der Waals surface area contributed by atoms with Gasteiger partial charge in [-0.3, -0.25) is 4.79 Å². The van der Waals surface area contributed by atoms with Crippen LogP contribution in [0.1, 0.15) is 11.1 Å². The summed E-state index contributed by atoms with van der Waals surface area (Å²) in [7, 11) is 3.22. The molecule has 5 nitrogen and oxygen atoms in total. The van der Waals surface area contributed by atoms with Crippen molar-refractivity contribution in [1.29, 1.82) is 0 Å². The van der Waals surface area contributed by atoms with Crippen LogP contribution in [0.15, 0.2) is 78.9 Å². The van der Waals surface area contributed by atoms with Gasteiger partial charge in [-0.25, -0.2) is 0 Å². The number of hydrogen-bond acceptors (Lipinski definition) is 4. The molecule has 0 aliphatic heterocycles. The first-order chi connectivity index (χ1) is 14.2. The van der Waals surface area contributed by atoms with Crippen molar-refractivity contribution in [2.24, 2.45) is 0 Å². The summed E-state index contributed by atoms with van der Waals surface area (Å²) in [5.74, 6) is 1.37. The smallest absolute Gasteiger partial charge is 0.241 e. The Kier molecular flexibility index (Phi) is 7.25. The number of carbonyl (C=O) groups is 1. The molecule has 5 heteroatoms. The molecule has 0 saturated carbocycles. The van der Waals surface area contributed by atoms with E-state index in [4.69, 9.17) is 9.47 Å². The van der Waals surface area contributed by atoms with E-state index in [9.17, 15) is 4.79 Å². The van der Waals surface area contributed by atoms with Gasteiger partial charge in [-0.2, -0.15) is 0 Å². The molecule has 0 aliphatic carbocycles. The molecule has 0 aromatic heterocycles. The van der Waals surface area contributed by atoms with Gasteiger partial charge < -0.3 is 19.7 Å². The van der Waals surface area contributed by atoms with E-state index in [0.29, 0.717) is 24.6 Å². The highest BCUT2D eigenvalue weighted by molar-refractivity contribution is 5.94. The van der Waals surface area contributed by atoms with E-state index in [-0.39, 0.29) is 12.5 Å². The van der Waals surface area contributed by atoms with Gasteiger partial charge in [-0.05, 0) is 35.4 Å². The topological polar surface area (TPSA) is 50.8 Å². The van der Waals surface area contributed by atoms with Crippen LogP contribution in [-0.2, 0) is 17.9 Å². The van der Waals surface area contributed by atoms with Gasteiger partial charge in [-0.15, -0.1) is 0 Å². The number of carbonyl (C=O) groups excluding carboxylic acids is 1. The maximum absolute atomic E-state index is 13.0. The summed E-state index contributed by atoms with van der Waals surface area (Å²) in [6.07, 6.45) is 0. The second-order valence-corrected chi connectivity index (χ2v) is 6.59. The van der Waals surface area contributed by atoms with Gasteiger partial charge >= 0.3 is 0 Å². The predicted octanol–water partition coefficient (Wildman–Crippen LogP) is 4.03. The number of hydrogen-bond donors (Lipinski definition) is 1. The van der Waals surface area contributed by atoms with Crippen LogP contribution in [0.25, 0.3) is 0 Å². The van der Waals surface area contributed by atoms with Gasteiger partial charge in [0.2, 0.25) is 5.91 Å². The molecule has 0 aliphatic rings. The first kappa shape index (κ1) is 20.4. The molecule has 0 radical (unpaired) electrons. The van der Waals surface area contributed by atoms with Crippen LogP contribution < -0.4 is 19.7 Å². The molecule has 0 heterocycles. The zero-order valence-corrected chi connectivity index (χ0v) is 16.8. The van der Waals surface area contributed by atoms with Crippen molar-refractivity contribution >= 4 is 11.6 Å². The predicted molar refractivity (Wildman–Crippen MR) is 115 cm³/mol. The summed E-state index contributed by atoms with van der Waals surface area (Å²) in [6, 6.07) is 25.5. The van der Waals surface area contributed by atoms with E-state index in [0.717, 1.165) is 16.8 Å². The van der Waals surface area contributed by atoms with Gasteiger partial charge in [0.15, 0.2) is 11.5 Å². The van der Waals surface area contributed by atoms with Crippen molar-refractivity contribution in [1.82, 2.24) is 5.32 Å². The molecule has 0 spiro atoms. The Morgan fingerprint density at radius 3 is 2.14 bits per heavy atom. The Labute approximate surface area is 171 Å². The summed E-state index contributed by atoms with van der Waals surface area (Å²) in [5.41, 5.74) is 2.99. The van der Waals surface area contributed by atoms with Crippen molar-refractivity contribution in [2.75, 3.05) is 25.7 Å². The average Bonchev–Trinajstić information content (AvgIpc) is 2.78. The van der Waals surface area contributed by atoms with Gasteiger partial charge in [0.1, 0.15) is 0 Å². The van der Waals surface area contributed by atoms with Crippen LogP contribution in [0.2, 0.25) is 0 Å². The number of benzene rings is 3. The summed E-state index contributed by atoms with van der Waals surface area (Å²) in [5, 5.41) is 3.24. The van der Waals surface area contributed by atoms with Crippen LogP contribution in [0.4, 0.5) is 5.69 Å². The first-order valence-electron chi connectivity index (χ1n) is 9.52. The number of anilines is 1. The van der Waals surface area contributed by atoms with E-state index < -0.39 is 0 Å². The fourth-order valence-electron chi connectivity index (χ4n) is 3.10. The van der Waals surface area contributed by atoms with Gasteiger partial charge in [0, 0.05) is 12.2 Å². The summed E-state index contributed by atoms with van der Waals surface area (Å²) in [6.45, 7) is 1.32. The molecule has 0 unspecified atom stereocenters. The van der Waals surface area contributed by atoms with Gasteiger partial charge in [0.05, 0.1) is 27.3 Å². The third-order valence-electron chi connectivity index (χ3n) is 4.61. The minimum absolute atomic E-state index is 0.0144. The van der Waals surface area contributed by atoms with Crippen molar-refractivity contribution in [3.8, 4) is 11.5 Å². The highest BCUT2D eigenvalue weighted by atomic mass is 16.5. The number of ether oxygens (including phenoxy) is 2. The molecule has 29 heavy (non-hydrogen) atoms. The van der Waals surface area contributed by atoms with E-state index in [2.05, 4.69) is 5.32 Å². The van der Waals surface area contributed by atoms with Crippen LogP contribution in [0.5, 0.6) is 11.5 Å². The molecule has 3 aromatic carbocycles. The normalized spacial score (nSPS) is 10.4. The zero-order valence-electron chi connectivity index (χ0n) is 16.8. The Bertz CT molecular complexity index is 914. The molecule has 0 bridgehead atoms. The van der Waals surface area contributed by atoms with Gasteiger partial charge in [0.25, 0.3) is 0 Å². The van der Waals surface area contributed by atoms with Crippen molar-refractivity contribution in [2.45, 2.75) is 13.1 Å². The Morgan fingerprint density at radius 2 is 1.48 bits per heavy atom. The molecule has 3 aromatic rings. The molecule has 0 atom stereocenters. The van der Waals surface area contributed by atoms with Gasteiger partial charge in [-0.1, -0.05) is 54.6 Å². The Balaban J connectivity index is 1.65. The lowest BCUT2D eigenvalue weighted by Crippen LogP contribution is -2.37. The quantitative estimate of drug-likeness (QED) is 0.599. The SMILES string of the molecule is COc1ccc(CNCC(=O)N(Cc2ccccc2)c2ccccc2)cc1OC. The number of nitrogens with zero attached hydrogens (tertiary/aromatic N) is 1. The minimum Gasteiger partial charge on any atom is -0.493 e. The summed E-state index contributed by atoms with van der Waals surface area (Å²) < 4.78 is 10.6. The summed E-state index contributed by atoms with van der Waals surface area (Å²) >= 11 is 0. The Morgan fingerprint density at radius 1 is 0.828 bits per heavy atom. The average molecular weight is 390 g/mol. The van der Waals surface area contributed by atoms with E-state index in [1.54, 1.807) is 19.1 Å².